The molecule has 0 saturated heterocycles. The van der Waals surface area contributed by atoms with E-state index in [0.717, 1.165) is 16.7 Å². The number of hydrogen-bond acceptors (Lipinski definition) is 4. The van der Waals surface area contributed by atoms with Crippen molar-refractivity contribution in [2.24, 2.45) is 0 Å². The number of nitrogens with zero attached hydrogens (tertiary/aromatic N) is 1. The van der Waals surface area contributed by atoms with Gasteiger partial charge in [-0.2, -0.15) is 0 Å². The van der Waals surface area contributed by atoms with E-state index in [-0.39, 0.29) is 5.56 Å². The standard InChI is InChI=1S/C22H19NO5/c1-13-7-8-15(14(2)9-13)11-23-12-17(19(24)10-20(25)22(27)28)21(26)16-5-3-4-6-18(16)23/h3-10,12,24H,11H2,1-2H3,(H,27,28). The maximum Gasteiger partial charge on any atom is 0.376 e. The Hall–Kier alpha value is -3.67. The van der Waals surface area contributed by atoms with Gasteiger partial charge in [0.2, 0.25) is 0 Å². The number of rotatable bonds is 5. The average Bonchev–Trinajstić information content (AvgIpc) is 2.65. The highest BCUT2D eigenvalue weighted by Gasteiger charge is 2.16. The van der Waals surface area contributed by atoms with E-state index in [1.165, 1.54) is 6.20 Å². The number of hydrogen-bond donors (Lipinski definition) is 2. The number of aliphatic hydroxyl groups excluding tert-OH is 1. The summed E-state index contributed by atoms with van der Waals surface area (Å²) < 4.78 is 1.80. The van der Waals surface area contributed by atoms with Crippen LogP contribution in [-0.2, 0) is 16.1 Å². The normalized spacial score (nSPS) is 11.6. The molecule has 0 aliphatic heterocycles. The zero-order valence-electron chi connectivity index (χ0n) is 15.5. The minimum Gasteiger partial charge on any atom is -0.507 e. The van der Waals surface area contributed by atoms with Crippen molar-refractivity contribution in [2.75, 3.05) is 0 Å². The van der Waals surface area contributed by atoms with Crippen LogP contribution in [0, 0.1) is 13.8 Å². The third kappa shape index (κ3) is 3.71. The molecule has 6 nitrogen and oxygen atoms in total. The van der Waals surface area contributed by atoms with Gasteiger partial charge in [0.1, 0.15) is 5.76 Å². The average molecular weight is 377 g/mol. The zero-order valence-corrected chi connectivity index (χ0v) is 15.5. The highest BCUT2D eigenvalue weighted by Crippen LogP contribution is 2.19. The first-order valence-electron chi connectivity index (χ1n) is 8.64. The first-order chi connectivity index (χ1) is 13.3. The Kier molecular flexibility index (Phi) is 5.13. The van der Waals surface area contributed by atoms with Crippen molar-refractivity contribution in [3.05, 3.63) is 87.2 Å². The molecule has 1 aromatic heterocycles. The lowest BCUT2D eigenvalue weighted by atomic mass is 10.0. The van der Waals surface area contributed by atoms with Crippen molar-refractivity contribution in [2.45, 2.75) is 20.4 Å². The smallest absolute Gasteiger partial charge is 0.376 e. The van der Waals surface area contributed by atoms with Gasteiger partial charge in [-0.15, -0.1) is 0 Å². The highest BCUT2D eigenvalue weighted by molar-refractivity contribution is 6.38. The number of aromatic nitrogens is 1. The van der Waals surface area contributed by atoms with Gasteiger partial charge >= 0.3 is 5.97 Å². The summed E-state index contributed by atoms with van der Waals surface area (Å²) >= 11 is 0. The largest absolute Gasteiger partial charge is 0.507 e. The van der Waals surface area contributed by atoms with Crippen molar-refractivity contribution in [1.29, 1.82) is 0 Å². The number of ketones is 1. The lowest BCUT2D eigenvalue weighted by Crippen LogP contribution is -2.17. The number of aliphatic hydroxyl groups is 1. The molecule has 0 aliphatic rings. The number of carboxylic acids is 1. The lowest BCUT2D eigenvalue weighted by molar-refractivity contribution is -0.146. The number of pyridine rings is 1. The summed E-state index contributed by atoms with van der Waals surface area (Å²) in [7, 11) is 0. The number of aliphatic carboxylic acids is 1. The van der Waals surface area contributed by atoms with Crippen LogP contribution in [0.4, 0.5) is 0 Å². The minimum absolute atomic E-state index is 0.127. The van der Waals surface area contributed by atoms with Crippen LogP contribution in [0.25, 0.3) is 16.7 Å². The molecule has 0 bridgehead atoms. The van der Waals surface area contributed by atoms with Crippen LogP contribution in [0.5, 0.6) is 0 Å². The third-order valence-electron chi connectivity index (χ3n) is 4.58. The molecular formula is C22H19NO5. The van der Waals surface area contributed by atoms with Gasteiger partial charge in [-0.1, -0.05) is 35.9 Å². The number of benzene rings is 2. The van der Waals surface area contributed by atoms with Crippen LogP contribution < -0.4 is 5.43 Å². The Bertz CT molecular complexity index is 1190. The Morgan fingerprint density at radius 1 is 1.07 bits per heavy atom. The summed E-state index contributed by atoms with van der Waals surface area (Å²) in [6.45, 7) is 4.45. The summed E-state index contributed by atoms with van der Waals surface area (Å²) in [5.41, 5.74) is 3.34. The Morgan fingerprint density at radius 2 is 1.79 bits per heavy atom. The second-order valence-corrected chi connectivity index (χ2v) is 6.65. The van der Waals surface area contributed by atoms with Gasteiger partial charge in [-0.25, -0.2) is 4.79 Å². The van der Waals surface area contributed by atoms with Crippen LogP contribution in [-0.4, -0.2) is 26.5 Å². The molecule has 1 heterocycles. The topological polar surface area (TPSA) is 96.6 Å². The molecule has 0 unspecified atom stereocenters. The SMILES string of the molecule is Cc1ccc(Cn2cc(C(O)=CC(=O)C(=O)O)c(=O)c3ccccc32)c(C)c1. The predicted molar refractivity (Wildman–Crippen MR) is 106 cm³/mol. The number of carbonyl (C=O) groups excluding carboxylic acids is 1. The lowest BCUT2D eigenvalue weighted by Gasteiger charge is -2.15. The van der Waals surface area contributed by atoms with Crippen molar-refractivity contribution in [1.82, 2.24) is 4.57 Å². The van der Waals surface area contributed by atoms with Crippen molar-refractivity contribution >= 4 is 28.4 Å². The van der Waals surface area contributed by atoms with E-state index in [1.807, 2.05) is 32.0 Å². The predicted octanol–water partition coefficient (Wildman–Crippen LogP) is 3.22. The Morgan fingerprint density at radius 3 is 2.46 bits per heavy atom. The van der Waals surface area contributed by atoms with Crippen molar-refractivity contribution in [3.63, 3.8) is 0 Å². The number of aryl methyl sites for hydroxylation is 2. The first-order valence-corrected chi connectivity index (χ1v) is 8.64. The number of para-hydroxylation sites is 1. The molecule has 0 fully saturated rings. The molecule has 3 rings (SSSR count). The molecule has 0 radical (unpaired) electrons. The summed E-state index contributed by atoms with van der Waals surface area (Å²) in [4.78, 5) is 34.9. The fourth-order valence-corrected chi connectivity index (χ4v) is 3.13. The molecule has 142 valence electrons. The van der Waals surface area contributed by atoms with Crippen molar-refractivity contribution in [3.8, 4) is 0 Å². The molecule has 2 N–H and O–H groups in total. The second-order valence-electron chi connectivity index (χ2n) is 6.65. The second kappa shape index (κ2) is 7.52. The van der Waals surface area contributed by atoms with Gasteiger partial charge in [0.25, 0.3) is 5.78 Å². The maximum absolute atomic E-state index is 12.8. The molecule has 0 atom stereocenters. The molecule has 0 spiro atoms. The summed E-state index contributed by atoms with van der Waals surface area (Å²) in [6.07, 6.45) is 2.00. The van der Waals surface area contributed by atoms with Crippen LogP contribution in [0.2, 0.25) is 0 Å². The molecule has 0 amide bonds. The van der Waals surface area contributed by atoms with Crippen LogP contribution >= 0.6 is 0 Å². The van der Waals surface area contributed by atoms with Gasteiger partial charge in [0, 0.05) is 24.2 Å². The maximum atomic E-state index is 12.8. The van der Waals surface area contributed by atoms with E-state index in [4.69, 9.17) is 5.11 Å². The highest BCUT2D eigenvalue weighted by atomic mass is 16.4. The van der Waals surface area contributed by atoms with E-state index >= 15 is 0 Å². The Labute approximate surface area is 161 Å². The molecule has 3 aromatic rings. The third-order valence-corrected chi connectivity index (χ3v) is 4.58. The monoisotopic (exact) mass is 377 g/mol. The van der Waals surface area contributed by atoms with Gasteiger partial charge in [-0.3, -0.25) is 9.59 Å². The number of carboxylic acid groups (broad SMARTS) is 1. The molecule has 28 heavy (non-hydrogen) atoms. The molecule has 2 aromatic carbocycles. The van der Waals surface area contributed by atoms with E-state index in [1.54, 1.807) is 22.8 Å². The summed E-state index contributed by atoms with van der Waals surface area (Å²) in [6, 6.07) is 13.0. The van der Waals surface area contributed by atoms with Crippen LogP contribution in [0.1, 0.15) is 22.3 Å². The van der Waals surface area contributed by atoms with E-state index < -0.39 is 22.9 Å². The van der Waals surface area contributed by atoms with Crippen LogP contribution in [0.15, 0.2) is 59.5 Å². The van der Waals surface area contributed by atoms with E-state index in [0.29, 0.717) is 23.5 Å². The van der Waals surface area contributed by atoms with E-state index in [9.17, 15) is 19.5 Å². The van der Waals surface area contributed by atoms with Gasteiger partial charge < -0.3 is 14.8 Å². The van der Waals surface area contributed by atoms with Gasteiger partial charge in [0.05, 0.1) is 11.1 Å². The molecule has 0 saturated carbocycles. The summed E-state index contributed by atoms with van der Waals surface area (Å²) in [5.74, 6) is -3.67. The number of fused-ring (bicyclic) bond motifs is 1. The van der Waals surface area contributed by atoms with Gasteiger partial charge in [-0.05, 0) is 37.1 Å². The summed E-state index contributed by atoms with van der Waals surface area (Å²) in [5, 5.41) is 19.3. The fraction of sp³-hybridized carbons (Fsp3) is 0.136. The number of carbonyl (C=O) groups is 2. The Balaban J connectivity index is 2.19. The van der Waals surface area contributed by atoms with Gasteiger partial charge in [0.15, 0.2) is 5.43 Å². The fourth-order valence-electron chi connectivity index (χ4n) is 3.13. The minimum atomic E-state index is -1.71. The van der Waals surface area contributed by atoms with Crippen molar-refractivity contribution < 1.29 is 19.8 Å². The van der Waals surface area contributed by atoms with E-state index in [2.05, 4.69) is 6.07 Å². The first kappa shape index (κ1) is 19.1. The zero-order chi connectivity index (χ0) is 20.4. The molecule has 0 aliphatic carbocycles. The van der Waals surface area contributed by atoms with Crippen LogP contribution in [0.3, 0.4) is 0 Å². The quantitative estimate of drug-likeness (QED) is 0.404. The molecular weight excluding hydrogens is 358 g/mol. The molecule has 6 heteroatoms.